The fourth-order valence-corrected chi connectivity index (χ4v) is 5.44. The van der Waals surface area contributed by atoms with E-state index >= 15 is 0 Å². The van der Waals surface area contributed by atoms with Gasteiger partial charge in [-0.2, -0.15) is 0 Å². The zero-order chi connectivity index (χ0) is 31.9. The number of morpholine rings is 1. The van der Waals surface area contributed by atoms with Gasteiger partial charge < -0.3 is 35.2 Å². The van der Waals surface area contributed by atoms with Gasteiger partial charge in [-0.15, -0.1) is 0 Å². The molecular formula is C33H36FN5O6. The first kappa shape index (κ1) is 31.5. The van der Waals surface area contributed by atoms with E-state index in [1.807, 2.05) is 24.0 Å². The Kier molecular flexibility index (Phi) is 9.93. The average Bonchev–Trinajstić information content (AvgIpc) is 3.04. The molecule has 1 unspecified atom stereocenters. The summed E-state index contributed by atoms with van der Waals surface area (Å²) in [6.07, 6.45) is -0.316. The van der Waals surface area contributed by atoms with Crippen LogP contribution in [-0.4, -0.2) is 91.2 Å². The lowest BCUT2D eigenvalue weighted by Gasteiger charge is -2.39. The summed E-state index contributed by atoms with van der Waals surface area (Å²) >= 11 is 0. The monoisotopic (exact) mass is 617 g/mol. The minimum atomic E-state index is -1.06. The molecule has 4 amide bonds. The number of carboxylic acid groups (broad SMARTS) is 1. The minimum Gasteiger partial charge on any atom is -0.481 e. The van der Waals surface area contributed by atoms with Crippen LogP contribution in [0.2, 0.25) is 0 Å². The molecular weight excluding hydrogens is 581 g/mol. The summed E-state index contributed by atoms with van der Waals surface area (Å²) in [7, 11) is 0. The van der Waals surface area contributed by atoms with Gasteiger partial charge in [0.1, 0.15) is 5.82 Å². The van der Waals surface area contributed by atoms with E-state index in [1.54, 1.807) is 34.1 Å². The van der Waals surface area contributed by atoms with Crippen molar-refractivity contribution in [1.29, 1.82) is 0 Å². The van der Waals surface area contributed by atoms with Gasteiger partial charge in [0.15, 0.2) is 0 Å². The fourth-order valence-electron chi connectivity index (χ4n) is 5.44. The van der Waals surface area contributed by atoms with Crippen LogP contribution >= 0.6 is 0 Å². The summed E-state index contributed by atoms with van der Waals surface area (Å²) in [5.41, 5.74) is 2.93. The van der Waals surface area contributed by atoms with Crippen molar-refractivity contribution < 1.29 is 33.4 Å². The maximum Gasteiger partial charge on any atom is 0.320 e. The molecule has 0 spiro atoms. The molecule has 5 rings (SSSR count). The lowest BCUT2D eigenvalue weighted by atomic mass is 10.0. The Morgan fingerprint density at radius 2 is 1.51 bits per heavy atom. The highest BCUT2D eigenvalue weighted by molar-refractivity contribution is 6.07. The number of carbonyl (C=O) groups is 4. The molecule has 3 N–H and O–H groups in total. The second-order valence-corrected chi connectivity index (χ2v) is 11.1. The van der Waals surface area contributed by atoms with Crippen molar-refractivity contribution in [3.63, 3.8) is 0 Å². The molecule has 0 bridgehead atoms. The SMILES string of the molecule is Cc1ccc(C(CC(=O)O)NC(=O)c2ccc(N3CCN(C(=O)N4CCOCC4)CC3)c(NC(=O)c3cccc(F)c3)c2)cc1. The zero-order valence-corrected chi connectivity index (χ0v) is 25.0. The zero-order valence-electron chi connectivity index (χ0n) is 25.0. The predicted octanol–water partition coefficient (Wildman–Crippen LogP) is 3.91. The summed E-state index contributed by atoms with van der Waals surface area (Å²) < 4.78 is 19.2. The quantitative estimate of drug-likeness (QED) is 0.349. The summed E-state index contributed by atoms with van der Waals surface area (Å²) in [5, 5.41) is 15.1. The number of ether oxygens (including phenoxy) is 1. The molecule has 0 saturated carbocycles. The van der Waals surface area contributed by atoms with Crippen molar-refractivity contribution in [2.75, 3.05) is 62.7 Å². The van der Waals surface area contributed by atoms with E-state index in [0.717, 1.165) is 11.6 Å². The number of benzene rings is 3. The molecule has 0 aromatic heterocycles. The van der Waals surface area contributed by atoms with E-state index in [0.29, 0.717) is 69.4 Å². The number of carboxylic acids is 1. The Morgan fingerprint density at radius 1 is 0.844 bits per heavy atom. The van der Waals surface area contributed by atoms with Crippen LogP contribution < -0.4 is 15.5 Å². The van der Waals surface area contributed by atoms with Gasteiger partial charge in [0.25, 0.3) is 11.8 Å². The van der Waals surface area contributed by atoms with E-state index in [4.69, 9.17) is 4.74 Å². The maximum absolute atomic E-state index is 13.9. The van der Waals surface area contributed by atoms with Crippen LogP contribution in [0, 0.1) is 12.7 Å². The number of nitrogens with one attached hydrogen (secondary N) is 2. The number of aliphatic carboxylic acids is 1. The number of rotatable bonds is 8. The lowest BCUT2D eigenvalue weighted by molar-refractivity contribution is -0.137. The van der Waals surface area contributed by atoms with Crippen LogP contribution in [-0.2, 0) is 9.53 Å². The Labute approximate surface area is 260 Å². The number of aryl methyl sites for hydroxylation is 1. The lowest BCUT2D eigenvalue weighted by Crippen LogP contribution is -2.54. The van der Waals surface area contributed by atoms with E-state index in [1.165, 1.54) is 24.3 Å². The van der Waals surface area contributed by atoms with E-state index < -0.39 is 29.6 Å². The number of hydrogen-bond donors (Lipinski definition) is 3. The summed E-state index contributed by atoms with van der Waals surface area (Å²) in [4.78, 5) is 56.8. The number of nitrogens with zero attached hydrogens (tertiary/aromatic N) is 3. The van der Waals surface area contributed by atoms with Crippen molar-refractivity contribution in [2.24, 2.45) is 0 Å². The molecule has 2 saturated heterocycles. The number of piperazine rings is 1. The van der Waals surface area contributed by atoms with Crippen molar-refractivity contribution >= 4 is 35.2 Å². The Balaban J connectivity index is 1.37. The number of hydrogen-bond acceptors (Lipinski definition) is 6. The van der Waals surface area contributed by atoms with Crippen LogP contribution in [0.25, 0.3) is 0 Å². The van der Waals surface area contributed by atoms with Gasteiger partial charge in [0.05, 0.1) is 37.1 Å². The molecule has 2 aliphatic heterocycles. The van der Waals surface area contributed by atoms with Gasteiger partial charge in [-0.1, -0.05) is 35.9 Å². The van der Waals surface area contributed by atoms with Crippen LogP contribution in [0.5, 0.6) is 0 Å². The Hall–Kier alpha value is -4.97. The highest BCUT2D eigenvalue weighted by atomic mass is 19.1. The predicted molar refractivity (Wildman–Crippen MR) is 166 cm³/mol. The van der Waals surface area contributed by atoms with Gasteiger partial charge in [-0.05, 0) is 48.9 Å². The van der Waals surface area contributed by atoms with Crippen LogP contribution in [0.15, 0.2) is 66.7 Å². The number of urea groups is 1. The summed E-state index contributed by atoms with van der Waals surface area (Å²) in [6, 6.07) is 16.6. The van der Waals surface area contributed by atoms with Gasteiger partial charge in [0.2, 0.25) is 0 Å². The van der Waals surface area contributed by atoms with E-state index in [-0.39, 0.29) is 23.6 Å². The maximum atomic E-state index is 13.9. The van der Waals surface area contributed by atoms with Crippen molar-refractivity contribution in [3.05, 3.63) is 94.8 Å². The topological polar surface area (TPSA) is 132 Å². The smallest absolute Gasteiger partial charge is 0.320 e. The Morgan fingerprint density at radius 3 is 2.18 bits per heavy atom. The summed E-state index contributed by atoms with van der Waals surface area (Å²) in [6.45, 7) is 5.94. The first-order valence-electron chi connectivity index (χ1n) is 14.8. The molecule has 3 aromatic rings. The van der Waals surface area contributed by atoms with E-state index in [2.05, 4.69) is 10.6 Å². The molecule has 0 aliphatic carbocycles. The van der Waals surface area contributed by atoms with E-state index in [9.17, 15) is 28.7 Å². The number of halogens is 1. The molecule has 2 heterocycles. The van der Waals surface area contributed by atoms with Gasteiger partial charge >= 0.3 is 12.0 Å². The molecule has 2 aliphatic rings. The molecule has 1 atom stereocenters. The van der Waals surface area contributed by atoms with Crippen molar-refractivity contribution in [2.45, 2.75) is 19.4 Å². The average molecular weight is 618 g/mol. The third kappa shape index (κ3) is 7.95. The van der Waals surface area contributed by atoms with Crippen molar-refractivity contribution in [3.8, 4) is 0 Å². The van der Waals surface area contributed by atoms with Gasteiger partial charge in [-0.25, -0.2) is 9.18 Å². The van der Waals surface area contributed by atoms with Crippen LogP contribution in [0.1, 0.15) is 44.3 Å². The minimum absolute atomic E-state index is 0.0332. The number of anilines is 2. The van der Waals surface area contributed by atoms with Crippen LogP contribution in [0.3, 0.4) is 0 Å². The Bertz CT molecular complexity index is 1550. The highest BCUT2D eigenvalue weighted by Crippen LogP contribution is 2.30. The molecule has 236 valence electrons. The molecule has 45 heavy (non-hydrogen) atoms. The molecule has 0 radical (unpaired) electrons. The van der Waals surface area contributed by atoms with Crippen LogP contribution in [0.4, 0.5) is 20.6 Å². The molecule has 3 aromatic carbocycles. The fraction of sp³-hybridized carbons (Fsp3) is 0.333. The molecule has 2 fully saturated rings. The van der Waals surface area contributed by atoms with Gasteiger partial charge in [0, 0.05) is 50.4 Å². The van der Waals surface area contributed by atoms with Gasteiger partial charge in [-0.3, -0.25) is 14.4 Å². The number of amides is 4. The first-order chi connectivity index (χ1) is 21.7. The van der Waals surface area contributed by atoms with Crippen molar-refractivity contribution in [1.82, 2.24) is 15.1 Å². The standard InChI is InChI=1S/C33H36FN5O6/c1-22-5-7-23(8-6-22)27(21-30(40)41)35-32(43)25-9-10-29(28(20-25)36-31(42)24-3-2-4-26(34)19-24)37-11-13-38(14-12-37)33(44)39-15-17-45-18-16-39/h2-10,19-20,27H,11-18,21H2,1H3,(H,35,43)(H,36,42)(H,40,41). The summed E-state index contributed by atoms with van der Waals surface area (Å²) in [5.74, 6) is -2.70. The molecule has 11 nitrogen and oxygen atoms in total. The largest absolute Gasteiger partial charge is 0.481 e. The third-order valence-electron chi connectivity index (χ3n) is 7.93. The number of carbonyl (C=O) groups excluding carboxylic acids is 3. The first-order valence-corrected chi connectivity index (χ1v) is 14.8. The second-order valence-electron chi connectivity index (χ2n) is 11.1. The second kappa shape index (κ2) is 14.2. The molecule has 12 heteroatoms. The highest BCUT2D eigenvalue weighted by Gasteiger charge is 2.28. The normalized spacial score (nSPS) is 15.7. The third-order valence-corrected chi connectivity index (χ3v) is 7.93.